The minimum Gasteiger partial charge on any atom is -0.469 e. The highest BCUT2D eigenvalue weighted by molar-refractivity contribution is 7.80. The third kappa shape index (κ3) is 4.03. The summed E-state index contributed by atoms with van der Waals surface area (Å²) in [6.45, 7) is 0. The van der Waals surface area contributed by atoms with Gasteiger partial charge in [-0.3, -0.25) is 4.79 Å². The average Bonchev–Trinajstić information content (AvgIpc) is 2.37. The molecule has 0 aliphatic rings. The van der Waals surface area contributed by atoms with E-state index in [2.05, 4.69) is 17.4 Å². The van der Waals surface area contributed by atoms with E-state index >= 15 is 0 Å². The molecule has 0 bridgehead atoms. The summed E-state index contributed by atoms with van der Waals surface area (Å²) in [6.07, 6.45) is -1.77. The zero-order chi connectivity index (χ0) is 12.8. The van der Waals surface area contributed by atoms with E-state index in [4.69, 9.17) is 0 Å². The van der Waals surface area contributed by atoms with Gasteiger partial charge in [0.1, 0.15) is 6.10 Å². The molecule has 2 unspecified atom stereocenters. The number of hydrogen-bond acceptors (Lipinski definition) is 5. The van der Waals surface area contributed by atoms with Crippen molar-refractivity contribution in [2.45, 2.75) is 18.6 Å². The molecule has 5 heteroatoms. The van der Waals surface area contributed by atoms with Crippen LogP contribution in [0.5, 0.6) is 0 Å². The Labute approximate surface area is 106 Å². The van der Waals surface area contributed by atoms with Gasteiger partial charge in [-0.15, -0.1) is 0 Å². The zero-order valence-electron chi connectivity index (χ0n) is 9.54. The normalized spacial score (nSPS) is 14.1. The van der Waals surface area contributed by atoms with E-state index in [1.165, 1.54) is 7.11 Å². The molecule has 2 atom stereocenters. The monoisotopic (exact) mass is 256 g/mol. The number of aliphatic hydroxyl groups excluding tert-OH is 2. The van der Waals surface area contributed by atoms with Crippen molar-refractivity contribution in [3.8, 4) is 0 Å². The third-order valence-electron chi connectivity index (χ3n) is 2.42. The summed E-state index contributed by atoms with van der Waals surface area (Å²) >= 11 is 3.92. The topological polar surface area (TPSA) is 66.8 Å². The summed E-state index contributed by atoms with van der Waals surface area (Å²) in [7, 11) is 1.33. The Morgan fingerprint density at radius 2 is 2.18 bits per heavy atom. The van der Waals surface area contributed by atoms with Gasteiger partial charge >= 0.3 is 5.97 Å². The fraction of sp³-hybridized carbons (Fsp3) is 0.417. The number of thiol groups is 1. The molecule has 1 aromatic carbocycles. The van der Waals surface area contributed by atoms with Gasteiger partial charge in [0.2, 0.25) is 0 Å². The van der Waals surface area contributed by atoms with Crippen LogP contribution < -0.4 is 0 Å². The summed E-state index contributed by atoms with van der Waals surface area (Å²) in [5.74, 6) is -0.172. The largest absolute Gasteiger partial charge is 0.469 e. The Kier molecular flexibility index (Phi) is 5.47. The second-order valence-corrected chi connectivity index (χ2v) is 4.06. The highest BCUT2D eigenvalue weighted by Gasteiger charge is 2.17. The molecule has 0 spiro atoms. The van der Waals surface area contributed by atoms with Gasteiger partial charge in [-0.05, 0) is 11.1 Å². The first-order valence-corrected chi connectivity index (χ1v) is 5.84. The molecule has 0 saturated carbocycles. The predicted molar refractivity (Wildman–Crippen MR) is 67.0 cm³/mol. The lowest BCUT2D eigenvalue weighted by atomic mass is 10.0. The Morgan fingerprint density at radius 1 is 1.47 bits per heavy atom. The highest BCUT2D eigenvalue weighted by Crippen LogP contribution is 2.19. The van der Waals surface area contributed by atoms with Crippen LogP contribution in [0.1, 0.15) is 17.2 Å². The first kappa shape index (κ1) is 14.0. The molecule has 4 nitrogen and oxygen atoms in total. The number of carbonyl (C=O) groups excluding carboxylic acids is 1. The van der Waals surface area contributed by atoms with Crippen molar-refractivity contribution in [1.29, 1.82) is 0 Å². The van der Waals surface area contributed by atoms with Crippen LogP contribution in [-0.4, -0.2) is 35.1 Å². The van der Waals surface area contributed by atoms with Crippen molar-refractivity contribution in [2.75, 3.05) is 12.9 Å². The minimum absolute atomic E-state index is 0.147. The smallest absolute Gasteiger partial charge is 0.309 e. The van der Waals surface area contributed by atoms with E-state index in [0.717, 1.165) is 5.56 Å². The number of rotatable bonds is 5. The summed E-state index contributed by atoms with van der Waals surface area (Å²) in [5.41, 5.74) is 1.30. The lowest BCUT2D eigenvalue weighted by Crippen LogP contribution is -2.20. The fourth-order valence-corrected chi connectivity index (χ4v) is 1.65. The number of hydrogen-bond donors (Lipinski definition) is 3. The van der Waals surface area contributed by atoms with Crippen LogP contribution in [0.15, 0.2) is 24.3 Å². The fourth-order valence-electron chi connectivity index (χ4n) is 1.45. The Balaban J connectivity index is 2.81. The maximum absolute atomic E-state index is 11.1. The molecule has 94 valence electrons. The maximum atomic E-state index is 11.1. The summed E-state index contributed by atoms with van der Waals surface area (Å²) < 4.78 is 4.56. The predicted octanol–water partition coefficient (Wildman–Crippen LogP) is 0.726. The summed E-state index contributed by atoms with van der Waals surface area (Å²) in [6, 6.07) is 6.86. The third-order valence-corrected chi connectivity index (χ3v) is 2.79. The highest BCUT2D eigenvalue weighted by atomic mass is 32.1. The standard InChI is InChI=1S/C12H16O4S/c1-16-11(14)6-8-3-2-4-9(5-8)12(15)10(13)7-17/h2-5,10,12-13,15,17H,6-7H2,1H3. The average molecular weight is 256 g/mol. The maximum Gasteiger partial charge on any atom is 0.309 e. The molecular weight excluding hydrogens is 240 g/mol. The van der Waals surface area contributed by atoms with E-state index in [-0.39, 0.29) is 18.1 Å². The van der Waals surface area contributed by atoms with Crippen molar-refractivity contribution in [3.63, 3.8) is 0 Å². The first-order valence-electron chi connectivity index (χ1n) is 5.21. The SMILES string of the molecule is COC(=O)Cc1cccc(C(O)C(O)CS)c1. The van der Waals surface area contributed by atoms with Gasteiger partial charge in [0.15, 0.2) is 0 Å². The number of aliphatic hydroxyl groups is 2. The molecule has 0 radical (unpaired) electrons. The van der Waals surface area contributed by atoms with Crippen molar-refractivity contribution >= 4 is 18.6 Å². The lowest BCUT2D eigenvalue weighted by molar-refractivity contribution is -0.139. The van der Waals surface area contributed by atoms with Gasteiger partial charge in [-0.2, -0.15) is 12.6 Å². The zero-order valence-corrected chi connectivity index (χ0v) is 10.4. The van der Waals surface area contributed by atoms with E-state index in [1.54, 1.807) is 24.3 Å². The molecule has 0 fully saturated rings. The Morgan fingerprint density at radius 3 is 2.76 bits per heavy atom. The van der Waals surface area contributed by atoms with Gasteiger partial charge < -0.3 is 14.9 Å². The number of benzene rings is 1. The van der Waals surface area contributed by atoms with Crippen LogP contribution in [0.4, 0.5) is 0 Å². The quantitative estimate of drug-likeness (QED) is 0.536. The second kappa shape index (κ2) is 6.64. The van der Waals surface area contributed by atoms with E-state index in [1.807, 2.05) is 0 Å². The van der Waals surface area contributed by atoms with Crippen LogP contribution in [0.25, 0.3) is 0 Å². The molecule has 1 aromatic rings. The number of ether oxygens (including phenoxy) is 1. The van der Waals surface area contributed by atoms with E-state index in [0.29, 0.717) is 5.56 Å². The molecule has 0 saturated heterocycles. The van der Waals surface area contributed by atoms with Crippen molar-refractivity contribution in [3.05, 3.63) is 35.4 Å². The number of carbonyl (C=O) groups is 1. The molecule has 17 heavy (non-hydrogen) atoms. The van der Waals surface area contributed by atoms with Gasteiger partial charge in [0.25, 0.3) is 0 Å². The van der Waals surface area contributed by atoms with Gasteiger partial charge in [-0.25, -0.2) is 0 Å². The van der Waals surface area contributed by atoms with Gasteiger partial charge in [0.05, 0.1) is 19.6 Å². The van der Waals surface area contributed by atoms with Crippen LogP contribution >= 0.6 is 12.6 Å². The summed E-state index contributed by atoms with van der Waals surface area (Å²) in [4.78, 5) is 11.1. The van der Waals surface area contributed by atoms with Gasteiger partial charge in [-0.1, -0.05) is 24.3 Å². The van der Waals surface area contributed by atoms with E-state index in [9.17, 15) is 15.0 Å². The molecule has 0 aromatic heterocycles. The van der Waals surface area contributed by atoms with Crippen LogP contribution in [-0.2, 0) is 16.0 Å². The number of methoxy groups -OCH3 is 1. The first-order chi connectivity index (χ1) is 8.08. The Hall–Kier alpha value is -1.04. The Bertz CT molecular complexity index is 381. The summed E-state index contributed by atoms with van der Waals surface area (Å²) in [5, 5.41) is 19.3. The minimum atomic E-state index is -0.995. The molecule has 0 aliphatic heterocycles. The molecule has 0 heterocycles. The number of esters is 1. The van der Waals surface area contributed by atoms with Gasteiger partial charge in [0, 0.05) is 5.75 Å². The molecular formula is C12H16O4S. The van der Waals surface area contributed by atoms with Crippen molar-refractivity contribution in [2.24, 2.45) is 0 Å². The van der Waals surface area contributed by atoms with Crippen LogP contribution in [0.2, 0.25) is 0 Å². The lowest BCUT2D eigenvalue weighted by Gasteiger charge is -2.16. The molecule has 0 aliphatic carbocycles. The molecule has 2 N–H and O–H groups in total. The molecule has 1 rings (SSSR count). The van der Waals surface area contributed by atoms with Crippen LogP contribution in [0, 0.1) is 0 Å². The second-order valence-electron chi connectivity index (χ2n) is 3.69. The van der Waals surface area contributed by atoms with E-state index < -0.39 is 12.2 Å². The van der Waals surface area contributed by atoms with Crippen LogP contribution in [0.3, 0.4) is 0 Å². The van der Waals surface area contributed by atoms with Crippen molar-refractivity contribution < 1.29 is 19.7 Å². The van der Waals surface area contributed by atoms with Crippen molar-refractivity contribution in [1.82, 2.24) is 0 Å². The molecule has 0 amide bonds.